The molecule has 2 rings (SSSR count). The van der Waals surface area contributed by atoms with Gasteiger partial charge in [-0.3, -0.25) is 0 Å². The molecule has 0 spiro atoms. The molecule has 0 fully saturated rings. The van der Waals surface area contributed by atoms with Crippen molar-refractivity contribution in [3.8, 4) is 5.75 Å². The van der Waals surface area contributed by atoms with Crippen molar-refractivity contribution in [1.29, 1.82) is 0 Å². The summed E-state index contributed by atoms with van der Waals surface area (Å²) in [5.74, 6) is 0.414. The molecule has 0 aliphatic rings. The molecule has 0 saturated carbocycles. The first kappa shape index (κ1) is 16.2. The summed E-state index contributed by atoms with van der Waals surface area (Å²) in [4.78, 5) is 12.1. The van der Waals surface area contributed by atoms with Gasteiger partial charge in [0.25, 0.3) is 0 Å². The molecule has 116 valence electrons. The molecular formula is C17H19ClN2O2. The van der Waals surface area contributed by atoms with E-state index in [1.807, 2.05) is 20.8 Å². The highest BCUT2D eigenvalue weighted by molar-refractivity contribution is 6.30. The molecule has 0 aliphatic heterocycles. The molecule has 2 amide bonds. The molecular weight excluding hydrogens is 300 g/mol. The average Bonchev–Trinajstić information content (AvgIpc) is 2.44. The van der Waals surface area contributed by atoms with E-state index in [1.165, 1.54) is 0 Å². The Morgan fingerprint density at radius 3 is 2.36 bits per heavy atom. The van der Waals surface area contributed by atoms with Crippen molar-refractivity contribution >= 4 is 29.0 Å². The van der Waals surface area contributed by atoms with Crippen molar-refractivity contribution in [2.75, 3.05) is 10.6 Å². The van der Waals surface area contributed by atoms with Crippen molar-refractivity contribution in [2.45, 2.75) is 26.7 Å². The zero-order chi connectivity index (χ0) is 16.3. The van der Waals surface area contributed by atoms with Crippen LogP contribution in [0, 0.1) is 6.92 Å². The number of rotatable bonds is 3. The molecule has 5 heteroatoms. The summed E-state index contributed by atoms with van der Waals surface area (Å²) >= 11 is 5.81. The van der Waals surface area contributed by atoms with Gasteiger partial charge in [-0.2, -0.15) is 0 Å². The van der Waals surface area contributed by atoms with Gasteiger partial charge in [0.15, 0.2) is 0 Å². The minimum atomic E-state index is -0.342. The number of aryl methyl sites for hydroxylation is 1. The summed E-state index contributed by atoms with van der Waals surface area (Å²) in [7, 11) is 0. The third-order valence-electron chi connectivity index (χ3n) is 3.35. The maximum Gasteiger partial charge on any atom is 0.323 e. The van der Waals surface area contributed by atoms with E-state index in [4.69, 9.17) is 11.6 Å². The van der Waals surface area contributed by atoms with Gasteiger partial charge in [-0.05, 0) is 60.4 Å². The molecule has 0 atom stereocenters. The molecule has 0 heterocycles. The van der Waals surface area contributed by atoms with Crippen molar-refractivity contribution in [3.63, 3.8) is 0 Å². The number of phenols is 1. The maximum atomic E-state index is 12.1. The number of carbonyl (C=O) groups excluding carboxylic acids is 1. The van der Waals surface area contributed by atoms with Crippen LogP contribution in [0.1, 0.15) is 30.9 Å². The predicted molar refractivity (Wildman–Crippen MR) is 91.0 cm³/mol. The standard InChI is InChI=1S/C17H19ClN2O2/c1-10(2)14-9-15(11(3)8-16(14)21)20-17(22)19-13-6-4-12(18)5-7-13/h4-10,21H,1-3H3,(H2,19,20,22). The molecule has 0 bridgehead atoms. The second kappa shape index (κ2) is 6.71. The Bertz CT molecular complexity index is 682. The van der Waals surface area contributed by atoms with E-state index >= 15 is 0 Å². The van der Waals surface area contributed by atoms with Crippen LogP contribution in [0.15, 0.2) is 36.4 Å². The van der Waals surface area contributed by atoms with E-state index in [1.54, 1.807) is 36.4 Å². The summed E-state index contributed by atoms with van der Waals surface area (Å²) in [5, 5.41) is 16.1. The Morgan fingerprint density at radius 1 is 1.14 bits per heavy atom. The van der Waals surface area contributed by atoms with Gasteiger partial charge >= 0.3 is 6.03 Å². The van der Waals surface area contributed by atoms with E-state index in [9.17, 15) is 9.90 Å². The highest BCUT2D eigenvalue weighted by Gasteiger charge is 2.12. The second-order valence-corrected chi connectivity index (χ2v) is 5.90. The van der Waals surface area contributed by atoms with Crippen LogP contribution >= 0.6 is 11.6 Å². The Labute approximate surface area is 135 Å². The first-order valence-electron chi connectivity index (χ1n) is 7.04. The van der Waals surface area contributed by atoms with Gasteiger partial charge < -0.3 is 15.7 Å². The van der Waals surface area contributed by atoms with E-state index in [0.717, 1.165) is 11.1 Å². The lowest BCUT2D eigenvalue weighted by Gasteiger charge is -2.15. The van der Waals surface area contributed by atoms with Crippen LogP contribution in [-0.4, -0.2) is 11.1 Å². The third kappa shape index (κ3) is 3.92. The minimum Gasteiger partial charge on any atom is -0.508 e. The largest absolute Gasteiger partial charge is 0.508 e. The zero-order valence-corrected chi connectivity index (χ0v) is 13.5. The normalized spacial score (nSPS) is 10.6. The molecule has 2 aromatic carbocycles. The summed E-state index contributed by atoms with van der Waals surface area (Å²) in [6, 6.07) is 9.99. The SMILES string of the molecule is Cc1cc(O)c(C(C)C)cc1NC(=O)Nc1ccc(Cl)cc1. The monoisotopic (exact) mass is 318 g/mol. The molecule has 0 radical (unpaired) electrons. The van der Waals surface area contributed by atoms with Crippen molar-refractivity contribution in [1.82, 2.24) is 0 Å². The number of urea groups is 1. The first-order chi connectivity index (χ1) is 10.4. The first-order valence-corrected chi connectivity index (χ1v) is 7.41. The highest BCUT2D eigenvalue weighted by atomic mass is 35.5. The van der Waals surface area contributed by atoms with E-state index in [2.05, 4.69) is 10.6 Å². The van der Waals surface area contributed by atoms with Crippen LogP contribution in [0.3, 0.4) is 0 Å². The van der Waals surface area contributed by atoms with Crippen LogP contribution < -0.4 is 10.6 Å². The molecule has 2 aromatic rings. The fraction of sp³-hybridized carbons (Fsp3) is 0.235. The number of amides is 2. The summed E-state index contributed by atoms with van der Waals surface area (Å²) in [6.07, 6.45) is 0. The Kier molecular flexibility index (Phi) is 4.93. The van der Waals surface area contributed by atoms with Crippen LogP contribution in [0.2, 0.25) is 5.02 Å². The number of halogens is 1. The number of carbonyl (C=O) groups is 1. The third-order valence-corrected chi connectivity index (χ3v) is 3.60. The number of anilines is 2. The smallest absolute Gasteiger partial charge is 0.323 e. The highest BCUT2D eigenvalue weighted by Crippen LogP contribution is 2.31. The van der Waals surface area contributed by atoms with E-state index < -0.39 is 0 Å². The summed E-state index contributed by atoms with van der Waals surface area (Å²) in [6.45, 7) is 5.81. The minimum absolute atomic E-state index is 0.167. The molecule has 0 aliphatic carbocycles. The van der Waals surface area contributed by atoms with Gasteiger partial charge in [0.1, 0.15) is 5.75 Å². The average molecular weight is 319 g/mol. The second-order valence-electron chi connectivity index (χ2n) is 5.47. The van der Waals surface area contributed by atoms with Gasteiger partial charge in [-0.25, -0.2) is 4.79 Å². The van der Waals surface area contributed by atoms with Crippen LogP contribution in [0.4, 0.5) is 16.2 Å². The molecule has 0 unspecified atom stereocenters. The van der Waals surface area contributed by atoms with E-state index in [-0.39, 0.29) is 17.7 Å². The fourth-order valence-corrected chi connectivity index (χ4v) is 2.25. The Morgan fingerprint density at radius 2 is 1.77 bits per heavy atom. The van der Waals surface area contributed by atoms with Crippen molar-refractivity contribution in [3.05, 3.63) is 52.5 Å². The fourth-order valence-electron chi connectivity index (χ4n) is 2.12. The van der Waals surface area contributed by atoms with Gasteiger partial charge in [-0.15, -0.1) is 0 Å². The number of phenolic OH excluding ortho intramolecular Hbond substituents is 1. The lowest BCUT2D eigenvalue weighted by Crippen LogP contribution is -2.20. The van der Waals surface area contributed by atoms with Gasteiger partial charge in [0.2, 0.25) is 0 Å². The van der Waals surface area contributed by atoms with Crippen LogP contribution in [0.25, 0.3) is 0 Å². The summed E-state index contributed by atoms with van der Waals surface area (Å²) in [5.41, 5.74) is 2.93. The summed E-state index contributed by atoms with van der Waals surface area (Å²) < 4.78 is 0. The lowest BCUT2D eigenvalue weighted by molar-refractivity contribution is 0.262. The van der Waals surface area contributed by atoms with Crippen LogP contribution in [-0.2, 0) is 0 Å². The number of benzene rings is 2. The number of hydrogen-bond donors (Lipinski definition) is 3. The Hall–Kier alpha value is -2.20. The molecule has 0 saturated heterocycles. The van der Waals surface area contributed by atoms with E-state index in [0.29, 0.717) is 16.4 Å². The number of nitrogens with one attached hydrogen (secondary N) is 2. The molecule has 4 nitrogen and oxygen atoms in total. The maximum absolute atomic E-state index is 12.1. The Balaban J connectivity index is 2.14. The van der Waals surface area contributed by atoms with Crippen LogP contribution in [0.5, 0.6) is 5.75 Å². The van der Waals surface area contributed by atoms with Gasteiger partial charge in [0, 0.05) is 16.4 Å². The van der Waals surface area contributed by atoms with Gasteiger partial charge in [-0.1, -0.05) is 25.4 Å². The molecule has 0 aromatic heterocycles. The topological polar surface area (TPSA) is 61.4 Å². The number of hydrogen-bond acceptors (Lipinski definition) is 2. The van der Waals surface area contributed by atoms with Crippen molar-refractivity contribution < 1.29 is 9.90 Å². The zero-order valence-electron chi connectivity index (χ0n) is 12.8. The molecule has 3 N–H and O–H groups in total. The quantitative estimate of drug-likeness (QED) is 0.688. The van der Waals surface area contributed by atoms with Crippen molar-refractivity contribution in [2.24, 2.45) is 0 Å². The van der Waals surface area contributed by atoms with Gasteiger partial charge in [0.05, 0.1) is 0 Å². The lowest BCUT2D eigenvalue weighted by atomic mass is 9.99. The molecule has 22 heavy (non-hydrogen) atoms. The number of aromatic hydroxyl groups is 1. The predicted octanol–water partition coefficient (Wildman–Crippen LogP) is 5.12.